The van der Waals surface area contributed by atoms with Crippen LogP contribution in [0.4, 0.5) is 19.0 Å². The summed E-state index contributed by atoms with van der Waals surface area (Å²) in [4.78, 5) is 3.19. The zero-order valence-electron chi connectivity index (χ0n) is 11.9. The highest BCUT2D eigenvalue weighted by Gasteiger charge is 2.32. The lowest BCUT2D eigenvalue weighted by Gasteiger charge is -2.12. The van der Waals surface area contributed by atoms with Crippen LogP contribution >= 0.6 is 11.6 Å². The molecule has 0 aliphatic heterocycles. The number of benzene rings is 1. The Morgan fingerprint density at radius 1 is 1.22 bits per heavy atom. The van der Waals surface area contributed by atoms with Crippen LogP contribution in [-0.2, 0) is 22.6 Å². The van der Waals surface area contributed by atoms with E-state index in [1.54, 1.807) is 6.07 Å². The molecule has 124 valence electrons. The number of hydrogen-bond acceptors (Lipinski definition) is 3. The smallest absolute Gasteiger partial charge is 0.263 e. The number of rotatable bonds is 4. The molecule has 0 unspecified atom stereocenters. The van der Waals surface area contributed by atoms with Crippen LogP contribution in [0.1, 0.15) is 18.1 Å². The molecular formula is C14H12ClF3N2O2S. The molecule has 0 radical (unpaired) electrons. The molecule has 9 heteroatoms. The van der Waals surface area contributed by atoms with Gasteiger partial charge in [0.25, 0.3) is 10.0 Å². The highest BCUT2D eigenvalue weighted by Crippen LogP contribution is 2.33. The van der Waals surface area contributed by atoms with Crippen molar-refractivity contribution in [2.24, 2.45) is 0 Å². The number of aromatic nitrogens is 1. The van der Waals surface area contributed by atoms with Gasteiger partial charge in [0, 0.05) is 6.20 Å². The van der Waals surface area contributed by atoms with E-state index in [0.29, 0.717) is 12.5 Å². The van der Waals surface area contributed by atoms with Crippen molar-refractivity contribution in [3.8, 4) is 0 Å². The topological polar surface area (TPSA) is 59.1 Å². The van der Waals surface area contributed by atoms with E-state index in [1.165, 1.54) is 12.3 Å². The normalized spacial score (nSPS) is 12.2. The number of pyridine rings is 1. The van der Waals surface area contributed by atoms with Gasteiger partial charge in [0.1, 0.15) is 10.7 Å². The summed E-state index contributed by atoms with van der Waals surface area (Å²) in [5.74, 6) is 0.0119. The van der Waals surface area contributed by atoms with Crippen LogP contribution in [0.15, 0.2) is 41.4 Å². The summed E-state index contributed by atoms with van der Waals surface area (Å²) >= 11 is 5.75. The average Bonchev–Trinajstić information content (AvgIpc) is 2.46. The first-order valence-electron chi connectivity index (χ1n) is 6.48. The molecule has 1 heterocycles. The highest BCUT2D eigenvalue weighted by atomic mass is 35.5. The van der Waals surface area contributed by atoms with E-state index >= 15 is 0 Å². The molecule has 0 amide bonds. The molecule has 0 atom stereocenters. The third-order valence-corrected chi connectivity index (χ3v) is 4.86. The molecule has 1 N–H and O–H groups in total. The van der Waals surface area contributed by atoms with Crippen LogP contribution in [0.2, 0.25) is 5.02 Å². The molecular weight excluding hydrogens is 353 g/mol. The van der Waals surface area contributed by atoms with Gasteiger partial charge in [-0.3, -0.25) is 4.72 Å². The second kappa shape index (κ2) is 6.37. The molecule has 0 saturated carbocycles. The number of sulfonamides is 1. The molecule has 1 aromatic carbocycles. The Hall–Kier alpha value is -1.80. The van der Waals surface area contributed by atoms with Crippen molar-refractivity contribution >= 4 is 27.4 Å². The summed E-state index contributed by atoms with van der Waals surface area (Å²) in [7, 11) is -4.30. The Balaban J connectivity index is 2.43. The number of nitrogens with one attached hydrogen (secondary N) is 1. The molecule has 0 aliphatic rings. The minimum Gasteiger partial charge on any atom is -0.263 e. The van der Waals surface area contributed by atoms with Crippen LogP contribution in [0.25, 0.3) is 0 Å². The molecule has 2 aromatic rings. The summed E-state index contributed by atoms with van der Waals surface area (Å²) in [5, 5.41) is -0.308. The molecule has 0 saturated heterocycles. The maximum absolute atomic E-state index is 12.7. The van der Waals surface area contributed by atoms with Gasteiger partial charge >= 0.3 is 6.18 Å². The fraction of sp³-hybridized carbons (Fsp3) is 0.214. The maximum atomic E-state index is 12.7. The van der Waals surface area contributed by atoms with E-state index < -0.39 is 26.7 Å². The first-order valence-corrected chi connectivity index (χ1v) is 8.34. The van der Waals surface area contributed by atoms with Gasteiger partial charge in [0.2, 0.25) is 0 Å². The van der Waals surface area contributed by atoms with E-state index in [9.17, 15) is 21.6 Å². The van der Waals surface area contributed by atoms with Gasteiger partial charge in [-0.25, -0.2) is 13.4 Å². The Kier molecular flexibility index (Phi) is 4.86. The van der Waals surface area contributed by atoms with Crippen molar-refractivity contribution in [3.05, 3.63) is 52.7 Å². The number of aryl methyl sites for hydroxylation is 1. The van der Waals surface area contributed by atoms with Crippen molar-refractivity contribution in [1.29, 1.82) is 0 Å². The Morgan fingerprint density at radius 2 is 1.91 bits per heavy atom. The number of anilines is 1. The fourth-order valence-corrected chi connectivity index (χ4v) is 3.35. The van der Waals surface area contributed by atoms with Crippen molar-refractivity contribution < 1.29 is 21.6 Å². The van der Waals surface area contributed by atoms with Crippen molar-refractivity contribution in [3.63, 3.8) is 0 Å². The summed E-state index contributed by atoms with van der Waals surface area (Å²) in [6.45, 7) is 1.87. The van der Waals surface area contributed by atoms with Crippen LogP contribution in [0, 0.1) is 0 Å². The quantitative estimate of drug-likeness (QED) is 0.887. The average molecular weight is 365 g/mol. The van der Waals surface area contributed by atoms with Crippen LogP contribution < -0.4 is 4.72 Å². The van der Waals surface area contributed by atoms with Gasteiger partial charge < -0.3 is 0 Å². The van der Waals surface area contributed by atoms with Gasteiger partial charge in [0.05, 0.1) is 10.6 Å². The lowest BCUT2D eigenvalue weighted by Crippen LogP contribution is -2.16. The molecule has 2 rings (SSSR count). The first-order chi connectivity index (χ1) is 10.6. The van der Waals surface area contributed by atoms with Gasteiger partial charge in [0.15, 0.2) is 0 Å². The van der Waals surface area contributed by atoms with Gasteiger partial charge in [-0.1, -0.05) is 18.5 Å². The Bertz CT molecular complexity index is 823. The summed E-state index contributed by atoms with van der Waals surface area (Å²) < 4.78 is 65.0. The van der Waals surface area contributed by atoms with Crippen molar-refractivity contribution in [2.75, 3.05) is 4.72 Å². The molecule has 0 bridgehead atoms. The highest BCUT2D eigenvalue weighted by molar-refractivity contribution is 7.92. The molecule has 1 aromatic heterocycles. The van der Waals surface area contributed by atoms with E-state index in [-0.39, 0.29) is 10.8 Å². The standard InChI is InChI=1S/C14H12ClF3N2O2S/c1-2-9-5-6-19-13(7-9)20-23(21,22)12-8-10(14(16,17)18)3-4-11(12)15/h3-8H,2H2,1H3,(H,19,20). The number of halogens is 4. The largest absolute Gasteiger partial charge is 0.416 e. The van der Waals surface area contributed by atoms with Crippen LogP contribution in [-0.4, -0.2) is 13.4 Å². The lowest BCUT2D eigenvalue weighted by molar-refractivity contribution is -0.137. The van der Waals surface area contributed by atoms with Crippen molar-refractivity contribution in [2.45, 2.75) is 24.4 Å². The summed E-state index contributed by atoms with van der Waals surface area (Å²) in [6.07, 6.45) is -2.61. The SMILES string of the molecule is CCc1ccnc(NS(=O)(=O)c2cc(C(F)(F)F)ccc2Cl)c1. The van der Waals surface area contributed by atoms with E-state index in [0.717, 1.165) is 17.7 Å². The third kappa shape index (κ3) is 4.14. The zero-order chi connectivity index (χ0) is 17.3. The second-order valence-electron chi connectivity index (χ2n) is 4.65. The number of nitrogens with zero attached hydrogens (tertiary/aromatic N) is 1. The maximum Gasteiger partial charge on any atom is 0.416 e. The molecule has 23 heavy (non-hydrogen) atoms. The van der Waals surface area contributed by atoms with E-state index in [1.807, 2.05) is 6.92 Å². The summed E-state index contributed by atoms with van der Waals surface area (Å²) in [5.41, 5.74) is -0.273. The van der Waals surface area contributed by atoms with Gasteiger partial charge in [-0.05, 0) is 42.3 Å². The predicted octanol–water partition coefficient (Wildman–Crippen LogP) is 4.12. The fourth-order valence-electron chi connectivity index (χ4n) is 1.83. The molecule has 0 spiro atoms. The monoisotopic (exact) mass is 364 g/mol. The van der Waals surface area contributed by atoms with Gasteiger partial charge in [-0.2, -0.15) is 13.2 Å². The zero-order valence-corrected chi connectivity index (χ0v) is 13.4. The third-order valence-electron chi connectivity index (χ3n) is 3.02. The minimum atomic E-state index is -4.67. The first kappa shape index (κ1) is 17.6. The van der Waals surface area contributed by atoms with E-state index in [2.05, 4.69) is 9.71 Å². The minimum absolute atomic E-state index is 0.0119. The number of alkyl halides is 3. The lowest BCUT2D eigenvalue weighted by atomic mass is 10.2. The summed E-state index contributed by atoms with van der Waals surface area (Å²) in [6, 6.07) is 5.31. The molecule has 4 nitrogen and oxygen atoms in total. The molecule has 0 fully saturated rings. The Morgan fingerprint density at radius 3 is 2.52 bits per heavy atom. The number of hydrogen-bond donors (Lipinski definition) is 1. The second-order valence-corrected chi connectivity index (χ2v) is 6.71. The Labute approximate surface area is 136 Å². The van der Waals surface area contributed by atoms with Crippen molar-refractivity contribution in [1.82, 2.24) is 4.98 Å². The van der Waals surface area contributed by atoms with Crippen LogP contribution in [0.3, 0.4) is 0 Å². The van der Waals surface area contributed by atoms with Crippen LogP contribution in [0.5, 0.6) is 0 Å². The van der Waals surface area contributed by atoms with Gasteiger partial charge in [-0.15, -0.1) is 0 Å². The predicted molar refractivity (Wildman–Crippen MR) is 80.9 cm³/mol. The molecule has 0 aliphatic carbocycles. The van der Waals surface area contributed by atoms with E-state index in [4.69, 9.17) is 11.6 Å².